The molecule has 0 aliphatic carbocycles. The number of piperidine rings is 1. The van der Waals surface area contributed by atoms with E-state index in [-0.39, 0.29) is 5.91 Å². The summed E-state index contributed by atoms with van der Waals surface area (Å²) in [5.41, 5.74) is 4.45. The largest absolute Gasteiger partial charge is 0.378 e. The van der Waals surface area contributed by atoms with Crippen molar-refractivity contribution in [2.75, 3.05) is 38.6 Å². The van der Waals surface area contributed by atoms with Gasteiger partial charge in [-0.3, -0.25) is 4.79 Å². The minimum atomic E-state index is 0.0144. The molecule has 3 rings (SSSR count). The lowest BCUT2D eigenvalue weighted by Gasteiger charge is -2.23. The van der Waals surface area contributed by atoms with Crippen molar-refractivity contribution < 1.29 is 4.79 Å². The molecule has 1 atom stereocenters. The van der Waals surface area contributed by atoms with Gasteiger partial charge in [-0.2, -0.15) is 0 Å². The van der Waals surface area contributed by atoms with E-state index in [0.717, 1.165) is 25.1 Å². The molecule has 0 unspecified atom stereocenters. The Bertz CT molecular complexity index is 718. The Morgan fingerprint density at radius 2 is 2.00 bits per heavy atom. The lowest BCUT2D eigenvalue weighted by Crippen LogP contribution is -2.29. The third kappa shape index (κ3) is 4.85. The van der Waals surface area contributed by atoms with Gasteiger partial charge in [0.2, 0.25) is 0 Å². The molecule has 2 aromatic carbocycles. The van der Waals surface area contributed by atoms with Crippen molar-refractivity contribution in [3.63, 3.8) is 0 Å². The number of hydrogen-bond acceptors (Lipinski definition) is 3. The number of carbonyl (C=O) groups is 1. The van der Waals surface area contributed by atoms with E-state index < -0.39 is 0 Å². The average molecular weight is 351 g/mol. The topological polar surface area (TPSA) is 44.4 Å². The van der Waals surface area contributed by atoms with Crippen LogP contribution in [0.5, 0.6) is 0 Å². The zero-order valence-corrected chi connectivity index (χ0v) is 15.8. The fraction of sp³-hybridized carbons (Fsp3) is 0.409. The first kappa shape index (κ1) is 18.5. The number of amides is 1. The van der Waals surface area contributed by atoms with Crippen LogP contribution >= 0.6 is 0 Å². The Morgan fingerprint density at radius 3 is 2.69 bits per heavy atom. The van der Waals surface area contributed by atoms with Crippen LogP contribution < -0.4 is 15.5 Å². The maximum absolute atomic E-state index is 12.5. The maximum Gasteiger partial charge on any atom is 0.251 e. The fourth-order valence-corrected chi connectivity index (χ4v) is 3.45. The fourth-order valence-electron chi connectivity index (χ4n) is 3.45. The summed E-state index contributed by atoms with van der Waals surface area (Å²) in [6.45, 7) is 2.76. The van der Waals surface area contributed by atoms with Gasteiger partial charge in [-0.05, 0) is 67.1 Å². The van der Waals surface area contributed by atoms with Crippen LogP contribution in [0.25, 0.3) is 0 Å². The average Bonchev–Trinajstić information content (AvgIpc) is 2.69. The molecule has 1 saturated heterocycles. The molecule has 0 saturated carbocycles. The highest BCUT2D eigenvalue weighted by molar-refractivity contribution is 5.94. The zero-order valence-electron chi connectivity index (χ0n) is 15.8. The van der Waals surface area contributed by atoms with E-state index in [1.54, 1.807) is 0 Å². The Hall–Kier alpha value is -2.33. The summed E-state index contributed by atoms with van der Waals surface area (Å²) in [7, 11) is 4.07. The van der Waals surface area contributed by atoms with Gasteiger partial charge in [0.15, 0.2) is 0 Å². The molecule has 1 aliphatic heterocycles. The molecule has 26 heavy (non-hydrogen) atoms. The van der Waals surface area contributed by atoms with Crippen molar-refractivity contribution in [3.8, 4) is 0 Å². The molecule has 138 valence electrons. The number of anilines is 1. The second-order valence-corrected chi connectivity index (χ2v) is 7.24. The number of rotatable bonds is 6. The van der Waals surface area contributed by atoms with Gasteiger partial charge < -0.3 is 15.5 Å². The van der Waals surface area contributed by atoms with Crippen LogP contribution in [-0.2, 0) is 6.42 Å². The van der Waals surface area contributed by atoms with Gasteiger partial charge >= 0.3 is 0 Å². The van der Waals surface area contributed by atoms with Gasteiger partial charge in [0.1, 0.15) is 0 Å². The molecule has 0 aromatic heterocycles. The highest BCUT2D eigenvalue weighted by atomic mass is 16.1. The number of nitrogens with one attached hydrogen (secondary N) is 2. The predicted molar refractivity (Wildman–Crippen MR) is 108 cm³/mol. The summed E-state index contributed by atoms with van der Waals surface area (Å²) in [6.07, 6.45) is 3.24. The summed E-state index contributed by atoms with van der Waals surface area (Å²) in [6, 6.07) is 16.6. The van der Waals surface area contributed by atoms with Gasteiger partial charge in [-0.15, -0.1) is 0 Å². The molecule has 4 heteroatoms. The number of carbonyl (C=O) groups excluding carboxylic acids is 1. The lowest BCUT2D eigenvalue weighted by molar-refractivity contribution is 0.0954. The molecule has 1 aliphatic rings. The van der Waals surface area contributed by atoms with Crippen molar-refractivity contribution in [1.82, 2.24) is 10.6 Å². The predicted octanol–water partition coefficient (Wildman–Crippen LogP) is 3.19. The first-order valence-corrected chi connectivity index (χ1v) is 9.48. The third-order valence-corrected chi connectivity index (χ3v) is 5.07. The number of nitrogens with zero attached hydrogens (tertiary/aromatic N) is 1. The Labute approximate surface area is 156 Å². The van der Waals surface area contributed by atoms with Gasteiger partial charge in [-0.1, -0.05) is 24.3 Å². The molecular formula is C22H29N3O. The minimum absolute atomic E-state index is 0.0144. The molecular weight excluding hydrogens is 322 g/mol. The van der Waals surface area contributed by atoms with Gasteiger partial charge in [-0.25, -0.2) is 0 Å². The second kappa shape index (κ2) is 8.86. The van der Waals surface area contributed by atoms with E-state index in [9.17, 15) is 4.79 Å². The first-order chi connectivity index (χ1) is 12.6. The molecule has 0 bridgehead atoms. The van der Waals surface area contributed by atoms with E-state index >= 15 is 0 Å². The molecule has 2 N–H and O–H groups in total. The van der Waals surface area contributed by atoms with E-state index in [4.69, 9.17) is 0 Å². The lowest BCUT2D eigenvalue weighted by atomic mass is 9.90. The van der Waals surface area contributed by atoms with E-state index in [1.165, 1.54) is 29.7 Å². The SMILES string of the molecule is CN(C)c1ccc(CCNC(=O)c2cccc([C@@H]3CCCNC3)c2)cc1. The van der Waals surface area contributed by atoms with Crippen molar-refractivity contribution in [2.24, 2.45) is 0 Å². The van der Waals surface area contributed by atoms with Crippen LogP contribution in [0.3, 0.4) is 0 Å². The van der Waals surface area contributed by atoms with Crippen LogP contribution in [0, 0.1) is 0 Å². The van der Waals surface area contributed by atoms with Crippen LogP contribution in [0.15, 0.2) is 48.5 Å². The monoisotopic (exact) mass is 351 g/mol. The molecule has 0 spiro atoms. The number of benzene rings is 2. The summed E-state index contributed by atoms with van der Waals surface area (Å²) in [5.74, 6) is 0.534. The van der Waals surface area contributed by atoms with Gasteiger partial charge in [0.25, 0.3) is 5.91 Å². The van der Waals surface area contributed by atoms with E-state index in [0.29, 0.717) is 12.5 Å². The first-order valence-electron chi connectivity index (χ1n) is 9.48. The van der Waals surface area contributed by atoms with Crippen molar-refractivity contribution >= 4 is 11.6 Å². The highest BCUT2D eigenvalue weighted by Crippen LogP contribution is 2.23. The zero-order chi connectivity index (χ0) is 18.4. The van der Waals surface area contributed by atoms with Crippen LogP contribution in [0.4, 0.5) is 5.69 Å². The standard InChI is InChI=1S/C22H29N3O/c1-25(2)21-10-8-17(9-11-21)12-14-24-22(26)19-6-3-5-18(15-19)20-7-4-13-23-16-20/h3,5-6,8-11,15,20,23H,4,7,12-14,16H2,1-2H3,(H,24,26)/t20-/m1/s1. The molecule has 2 aromatic rings. The minimum Gasteiger partial charge on any atom is -0.378 e. The van der Waals surface area contributed by atoms with Crippen molar-refractivity contribution in [2.45, 2.75) is 25.2 Å². The third-order valence-electron chi connectivity index (χ3n) is 5.07. The maximum atomic E-state index is 12.5. The van der Waals surface area contributed by atoms with Crippen molar-refractivity contribution in [1.29, 1.82) is 0 Å². The summed E-state index contributed by atoms with van der Waals surface area (Å²) < 4.78 is 0. The smallest absolute Gasteiger partial charge is 0.251 e. The van der Waals surface area contributed by atoms with E-state index in [1.807, 2.05) is 26.2 Å². The van der Waals surface area contributed by atoms with Crippen molar-refractivity contribution in [3.05, 3.63) is 65.2 Å². The Morgan fingerprint density at radius 1 is 1.19 bits per heavy atom. The van der Waals surface area contributed by atoms with E-state index in [2.05, 4.69) is 51.9 Å². The Balaban J connectivity index is 1.53. The number of hydrogen-bond donors (Lipinski definition) is 2. The van der Waals surface area contributed by atoms with Gasteiger partial charge in [0.05, 0.1) is 0 Å². The van der Waals surface area contributed by atoms with Crippen LogP contribution in [0.2, 0.25) is 0 Å². The summed E-state index contributed by atoms with van der Waals surface area (Å²) in [4.78, 5) is 14.6. The van der Waals surface area contributed by atoms with Crippen LogP contribution in [-0.4, -0.2) is 39.6 Å². The molecule has 1 fully saturated rings. The summed E-state index contributed by atoms with van der Waals surface area (Å²) >= 11 is 0. The normalized spacial score (nSPS) is 16.9. The Kier molecular flexibility index (Phi) is 6.29. The molecule has 1 heterocycles. The summed E-state index contributed by atoms with van der Waals surface area (Å²) in [5, 5.41) is 6.49. The van der Waals surface area contributed by atoms with Gasteiger partial charge in [0, 0.05) is 38.4 Å². The molecule has 1 amide bonds. The quantitative estimate of drug-likeness (QED) is 0.840. The van der Waals surface area contributed by atoms with Crippen LogP contribution in [0.1, 0.15) is 40.2 Å². The molecule has 4 nitrogen and oxygen atoms in total. The highest BCUT2D eigenvalue weighted by Gasteiger charge is 2.16. The second-order valence-electron chi connectivity index (χ2n) is 7.24. The molecule has 0 radical (unpaired) electrons.